The molecule has 2 rings (SSSR count). The van der Waals surface area contributed by atoms with Crippen molar-refractivity contribution in [3.8, 4) is 5.75 Å². The van der Waals surface area contributed by atoms with Gasteiger partial charge in [0.15, 0.2) is 5.75 Å². The number of likely N-dealkylation sites (tertiary alicyclic amines) is 1. The second-order valence-electron chi connectivity index (χ2n) is 6.87. The largest absolute Gasteiger partial charge is 0.491 e. The van der Waals surface area contributed by atoms with Crippen molar-refractivity contribution in [3.05, 3.63) is 28.2 Å². The Bertz CT molecular complexity index is 708. The zero-order valence-electron chi connectivity index (χ0n) is 16.3. The molecule has 8 heteroatoms. The first-order chi connectivity index (χ1) is 12.9. The molecule has 1 aromatic rings. The quantitative estimate of drug-likeness (QED) is 0.671. The van der Waals surface area contributed by atoms with Gasteiger partial charge in [0.25, 0.3) is 0 Å². The summed E-state index contributed by atoms with van der Waals surface area (Å²) >= 11 is 0. The number of nitrogens with one attached hydrogen (secondary N) is 1. The predicted octanol–water partition coefficient (Wildman–Crippen LogP) is 0.768. The van der Waals surface area contributed by atoms with Gasteiger partial charge >= 0.3 is 5.97 Å². The monoisotopic (exact) mass is 379 g/mol. The van der Waals surface area contributed by atoms with Crippen LogP contribution in [0.4, 0.5) is 0 Å². The first-order valence-corrected chi connectivity index (χ1v) is 9.35. The summed E-state index contributed by atoms with van der Waals surface area (Å²) in [4.78, 5) is 38.1. The third-order valence-electron chi connectivity index (χ3n) is 4.71. The third kappa shape index (κ3) is 6.39. The van der Waals surface area contributed by atoms with Crippen molar-refractivity contribution in [2.24, 2.45) is 5.92 Å². The van der Waals surface area contributed by atoms with Crippen LogP contribution in [0.5, 0.6) is 5.75 Å². The molecular formula is C19H29N3O5. The lowest BCUT2D eigenvalue weighted by Crippen LogP contribution is -2.36. The molecule has 27 heavy (non-hydrogen) atoms. The van der Waals surface area contributed by atoms with Crippen LogP contribution in [-0.2, 0) is 27.4 Å². The number of rotatable bonds is 8. The number of carbonyl (C=O) groups excluding carboxylic acids is 2. The minimum absolute atomic E-state index is 0.00434. The van der Waals surface area contributed by atoms with E-state index in [9.17, 15) is 14.4 Å². The van der Waals surface area contributed by atoms with Crippen LogP contribution in [0.3, 0.4) is 0 Å². The first-order valence-electron chi connectivity index (χ1n) is 9.35. The molecule has 1 aliphatic heterocycles. The highest BCUT2D eigenvalue weighted by molar-refractivity contribution is 5.81. The van der Waals surface area contributed by atoms with Crippen LogP contribution in [0.25, 0.3) is 0 Å². The number of carbonyl (C=O) groups is 2. The number of esters is 1. The summed E-state index contributed by atoms with van der Waals surface area (Å²) in [6.45, 7) is 6.57. The lowest BCUT2D eigenvalue weighted by atomic mass is 9.99. The van der Waals surface area contributed by atoms with Gasteiger partial charge in [0, 0.05) is 18.3 Å². The Labute approximate surface area is 159 Å². The van der Waals surface area contributed by atoms with E-state index in [1.807, 2.05) is 0 Å². The molecule has 8 nitrogen and oxygen atoms in total. The van der Waals surface area contributed by atoms with Crippen molar-refractivity contribution < 1.29 is 19.1 Å². The van der Waals surface area contributed by atoms with Crippen molar-refractivity contribution >= 4 is 11.9 Å². The average molecular weight is 379 g/mol. The van der Waals surface area contributed by atoms with Gasteiger partial charge in [0.2, 0.25) is 11.3 Å². The average Bonchev–Trinajstić information content (AvgIpc) is 2.64. The SMILES string of the molecule is CCOC(=O)CNC(=O)Cn1cc(OC)c(=O)cc1CN1CCC(C)CC1. The van der Waals surface area contributed by atoms with E-state index >= 15 is 0 Å². The number of nitrogens with zero attached hydrogens (tertiary/aromatic N) is 2. The minimum Gasteiger partial charge on any atom is -0.491 e. The number of hydrogen-bond acceptors (Lipinski definition) is 6. The Morgan fingerprint density at radius 2 is 2.00 bits per heavy atom. The molecule has 1 N–H and O–H groups in total. The first kappa shape index (κ1) is 21.0. The highest BCUT2D eigenvalue weighted by atomic mass is 16.5. The number of amides is 1. The van der Waals surface area contributed by atoms with E-state index in [0.29, 0.717) is 12.5 Å². The molecule has 0 bridgehead atoms. The lowest BCUT2D eigenvalue weighted by molar-refractivity contribution is -0.143. The number of aromatic nitrogens is 1. The van der Waals surface area contributed by atoms with E-state index in [1.54, 1.807) is 17.7 Å². The summed E-state index contributed by atoms with van der Waals surface area (Å²) in [5, 5.41) is 2.54. The van der Waals surface area contributed by atoms with Crippen LogP contribution in [0.15, 0.2) is 17.1 Å². The Kier molecular flexibility index (Phi) is 7.84. The summed E-state index contributed by atoms with van der Waals surface area (Å²) in [6, 6.07) is 1.52. The molecule has 0 atom stereocenters. The maximum atomic E-state index is 12.2. The summed E-state index contributed by atoms with van der Waals surface area (Å²) in [6.07, 6.45) is 3.80. The van der Waals surface area contributed by atoms with Gasteiger partial charge in [-0.25, -0.2) is 0 Å². The third-order valence-corrected chi connectivity index (χ3v) is 4.71. The summed E-state index contributed by atoms with van der Waals surface area (Å²) in [5.41, 5.74) is 0.544. The Hall–Kier alpha value is -2.35. The highest BCUT2D eigenvalue weighted by Crippen LogP contribution is 2.18. The van der Waals surface area contributed by atoms with E-state index in [-0.39, 0.29) is 36.8 Å². The van der Waals surface area contributed by atoms with E-state index < -0.39 is 5.97 Å². The van der Waals surface area contributed by atoms with Crippen molar-refractivity contribution in [3.63, 3.8) is 0 Å². The Morgan fingerprint density at radius 1 is 1.30 bits per heavy atom. The molecule has 1 fully saturated rings. The molecule has 1 aliphatic rings. The molecule has 150 valence electrons. The van der Waals surface area contributed by atoms with Crippen LogP contribution < -0.4 is 15.5 Å². The Balaban J connectivity index is 2.09. The van der Waals surface area contributed by atoms with Crippen LogP contribution >= 0.6 is 0 Å². The van der Waals surface area contributed by atoms with Gasteiger partial charge in [-0.2, -0.15) is 0 Å². The van der Waals surface area contributed by atoms with E-state index in [2.05, 4.69) is 17.1 Å². The molecule has 0 spiro atoms. The fourth-order valence-corrected chi connectivity index (χ4v) is 3.07. The molecular weight excluding hydrogens is 350 g/mol. The normalized spacial score (nSPS) is 15.4. The second kappa shape index (κ2) is 10.1. The molecule has 0 radical (unpaired) electrons. The number of piperidine rings is 1. The molecule has 1 saturated heterocycles. The van der Waals surface area contributed by atoms with Crippen molar-refractivity contribution in [1.82, 2.24) is 14.8 Å². The van der Waals surface area contributed by atoms with Gasteiger partial charge in [-0.05, 0) is 38.8 Å². The standard InChI is InChI=1S/C19H29N3O5/c1-4-27-19(25)10-20-18(24)13-22-12-17(26-3)16(23)9-15(22)11-21-7-5-14(2)6-8-21/h9,12,14H,4-8,10-11,13H2,1-3H3,(H,20,24). The molecule has 0 unspecified atom stereocenters. The van der Waals surface area contributed by atoms with E-state index in [0.717, 1.165) is 31.6 Å². The molecule has 1 amide bonds. The lowest BCUT2D eigenvalue weighted by Gasteiger charge is -2.31. The molecule has 0 aromatic carbocycles. The van der Waals surface area contributed by atoms with Crippen molar-refractivity contribution in [1.29, 1.82) is 0 Å². The summed E-state index contributed by atoms with van der Waals surface area (Å²) in [7, 11) is 1.42. The van der Waals surface area contributed by atoms with Gasteiger partial charge in [0.1, 0.15) is 13.1 Å². The zero-order valence-corrected chi connectivity index (χ0v) is 16.3. The number of methoxy groups -OCH3 is 1. The van der Waals surface area contributed by atoms with Crippen LogP contribution in [0.2, 0.25) is 0 Å². The number of hydrogen-bond donors (Lipinski definition) is 1. The zero-order chi connectivity index (χ0) is 19.8. The van der Waals surface area contributed by atoms with Crippen LogP contribution in [-0.4, -0.2) is 54.7 Å². The summed E-state index contributed by atoms with van der Waals surface area (Å²) in [5.74, 6) is 0.0884. The van der Waals surface area contributed by atoms with Gasteiger partial charge in [-0.3, -0.25) is 19.3 Å². The predicted molar refractivity (Wildman–Crippen MR) is 101 cm³/mol. The fourth-order valence-electron chi connectivity index (χ4n) is 3.07. The maximum Gasteiger partial charge on any atom is 0.325 e. The number of ether oxygens (including phenoxy) is 2. The number of pyridine rings is 1. The van der Waals surface area contributed by atoms with Gasteiger partial charge in [-0.1, -0.05) is 6.92 Å². The van der Waals surface area contributed by atoms with Gasteiger partial charge in [0.05, 0.1) is 19.9 Å². The topological polar surface area (TPSA) is 89.9 Å². The second-order valence-corrected chi connectivity index (χ2v) is 6.87. The smallest absolute Gasteiger partial charge is 0.325 e. The molecule has 0 aliphatic carbocycles. The maximum absolute atomic E-state index is 12.2. The van der Waals surface area contributed by atoms with Crippen molar-refractivity contribution in [2.75, 3.05) is 33.4 Å². The Morgan fingerprint density at radius 3 is 2.63 bits per heavy atom. The van der Waals surface area contributed by atoms with Gasteiger partial charge < -0.3 is 19.4 Å². The molecule has 2 heterocycles. The van der Waals surface area contributed by atoms with E-state index in [4.69, 9.17) is 9.47 Å². The van der Waals surface area contributed by atoms with Crippen LogP contribution in [0, 0.1) is 5.92 Å². The summed E-state index contributed by atoms with van der Waals surface area (Å²) < 4.78 is 11.6. The van der Waals surface area contributed by atoms with Gasteiger partial charge in [-0.15, -0.1) is 0 Å². The minimum atomic E-state index is -0.481. The van der Waals surface area contributed by atoms with E-state index in [1.165, 1.54) is 13.2 Å². The van der Waals surface area contributed by atoms with Crippen LogP contribution in [0.1, 0.15) is 32.4 Å². The molecule has 0 saturated carbocycles. The fraction of sp³-hybridized carbons (Fsp3) is 0.632. The molecule has 1 aromatic heterocycles. The highest BCUT2D eigenvalue weighted by Gasteiger charge is 2.18. The van der Waals surface area contributed by atoms with Crippen molar-refractivity contribution in [2.45, 2.75) is 39.8 Å².